The van der Waals surface area contributed by atoms with Crippen molar-refractivity contribution < 1.29 is 0 Å². The van der Waals surface area contributed by atoms with Gasteiger partial charge in [-0.25, -0.2) is 9.97 Å². The first-order valence-electron chi connectivity index (χ1n) is 5.41. The van der Waals surface area contributed by atoms with Crippen molar-refractivity contribution in [2.75, 3.05) is 36.2 Å². The molecule has 0 aliphatic rings. The van der Waals surface area contributed by atoms with E-state index in [-0.39, 0.29) is 0 Å². The van der Waals surface area contributed by atoms with E-state index < -0.39 is 0 Å². The molecule has 1 unspecified atom stereocenters. The first kappa shape index (κ1) is 13.1. The molecule has 2 N–H and O–H groups in total. The van der Waals surface area contributed by atoms with Gasteiger partial charge < -0.3 is 10.6 Å². The molecule has 0 spiro atoms. The Morgan fingerprint density at radius 1 is 1.38 bits per heavy atom. The van der Waals surface area contributed by atoms with E-state index >= 15 is 0 Å². The summed E-state index contributed by atoms with van der Waals surface area (Å²) >= 11 is 1.87. The van der Waals surface area contributed by atoms with E-state index in [9.17, 15) is 0 Å². The van der Waals surface area contributed by atoms with Gasteiger partial charge in [-0.1, -0.05) is 6.92 Å². The lowest BCUT2D eigenvalue weighted by molar-refractivity contribution is 0.699. The van der Waals surface area contributed by atoms with Crippen molar-refractivity contribution in [3.63, 3.8) is 0 Å². The first-order valence-corrected chi connectivity index (χ1v) is 6.80. The molecule has 0 aliphatic carbocycles. The molecule has 0 aliphatic heterocycles. The van der Waals surface area contributed by atoms with E-state index in [2.05, 4.69) is 33.8 Å². The average Bonchev–Trinajstić information content (AvgIpc) is 2.28. The molecule has 16 heavy (non-hydrogen) atoms. The van der Waals surface area contributed by atoms with Crippen LogP contribution in [-0.2, 0) is 0 Å². The minimum atomic E-state index is 0.641. The molecule has 0 bridgehead atoms. The largest absolute Gasteiger partial charge is 0.373 e. The quantitative estimate of drug-likeness (QED) is 0.798. The molecule has 4 nitrogen and oxygen atoms in total. The van der Waals surface area contributed by atoms with Crippen LogP contribution in [0.3, 0.4) is 0 Å². The second-order valence-corrected chi connectivity index (χ2v) is 4.80. The molecule has 1 aromatic heterocycles. The smallest absolute Gasteiger partial charge is 0.134 e. The SMILES string of the molecule is CNc1ncnc(NCC(C)CSC)c1C. The molecule has 0 aromatic carbocycles. The molecule has 0 fully saturated rings. The number of rotatable bonds is 6. The molecule has 0 amide bonds. The predicted octanol–water partition coefficient (Wildman–Crippen LogP) is 2.24. The van der Waals surface area contributed by atoms with Crippen LogP contribution < -0.4 is 10.6 Å². The summed E-state index contributed by atoms with van der Waals surface area (Å²) in [4.78, 5) is 8.40. The lowest BCUT2D eigenvalue weighted by atomic mass is 10.2. The highest BCUT2D eigenvalue weighted by Gasteiger charge is 2.06. The maximum atomic E-state index is 4.25. The van der Waals surface area contributed by atoms with E-state index in [1.54, 1.807) is 6.33 Å². The normalized spacial score (nSPS) is 12.2. The van der Waals surface area contributed by atoms with Crippen LogP contribution in [0.25, 0.3) is 0 Å². The Bertz CT molecular complexity index is 330. The number of nitrogens with one attached hydrogen (secondary N) is 2. The Kier molecular flexibility index (Phi) is 5.38. The fourth-order valence-electron chi connectivity index (χ4n) is 1.49. The van der Waals surface area contributed by atoms with Crippen LogP contribution in [0.4, 0.5) is 11.6 Å². The number of anilines is 2. The summed E-state index contributed by atoms with van der Waals surface area (Å²) in [5, 5.41) is 6.42. The Balaban J connectivity index is 2.60. The number of thioether (sulfide) groups is 1. The van der Waals surface area contributed by atoms with Crippen molar-refractivity contribution >= 4 is 23.4 Å². The van der Waals surface area contributed by atoms with Crippen molar-refractivity contribution in [2.45, 2.75) is 13.8 Å². The summed E-state index contributed by atoms with van der Waals surface area (Å²) in [6, 6.07) is 0. The van der Waals surface area contributed by atoms with Gasteiger partial charge in [-0.2, -0.15) is 11.8 Å². The average molecular weight is 240 g/mol. The van der Waals surface area contributed by atoms with E-state index in [0.717, 1.165) is 29.5 Å². The van der Waals surface area contributed by atoms with Gasteiger partial charge in [-0.05, 0) is 24.9 Å². The lowest BCUT2D eigenvalue weighted by Crippen LogP contribution is -2.15. The zero-order chi connectivity index (χ0) is 12.0. The van der Waals surface area contributed by atoms with Gasteiger partial charge >= 0.3 is 0 Å². The molecular formula is C11H20N4S. The van der Waals surface area contributed by atoms with E-state index in [1.165, 1.54) is 0 Å². The standard InChI is InChI=1S/C11H20N4S/c1-8(6-16-4)5-13-11-9(2)10(12-3)14-7-15-11/h7-8H,5-6H2,1-4H3,(H2,12,13,14,15). The highest BCUT2D eigenvalue weighted by Crippen LogP contribution is 2.17. The number of hydrogen-bond donors (Lipinski definition) is 2. The molecule has 0 saturated heterocycles. The molecule has 90 valence electrons. The topological polar surface area (TPSA) is 49.8 Å². The second-order valence-electron chi connectivity index (χ2n) is 3.89. The molecule has 1 aromatic rings. The Morgan fingerprint density at radius 3 is 2.69 bits per heavy atom. The van der Waals surface area contributed by atoms with Crippen LogP contribution in [0.2, 0.25) is 0 Å². The highest BCUT2D eigenvalue weighted by atomic mass is 32.2. The van der Waals surface area contributed by atoms with Gasteiger partial charge in [0.05, 0.1) is 0 Å². The molecular weight excluding hydrogens is 220 g/mol. The van der Waals surface area contributed by atoms with Gasteiger partial charge in [-0.15, -0.1) is 0 Å². The van der Waals surface area contributed by atoms with Crippen molar-refractivity contribution in [1.29, 1.82) is 0 Å². The number of aromatic nitrogens is 2. The first-order chi connectivity index (χ1) is 7.69. The fourth-order valence-corrected chi connectivity index (χ4v) is 2.18. The van der Waals surface area contributed by atoms with E-state index in [1.807, 2.05) is 25.7 Å². The molecule has 5 heteroatoms. The second kappa shape index (κ2) is 6.58. The van der Waals surface area contributed by atoms with Gasteiger partial charge in [0, 0.05) is 19.2 Å². The van der Waals surface area contributed by atoms with Gasteiger partial charge in [0.25, 0.3) is 0 Å². The molecule has 0 saturated carbocycles. The van der Waals surface area contributed by atoms with Gasteiger partial charge in [0.2, 0.25) is 0 Å². The third-order valence-electron chi connectivity index (χ3n) is 2.39. The minimum absolute atomic E-state index is 0.641. The van der Waals surface area contributed by atoms with Crippen molar-refractivity contribution in [3.05, 3.63) is 11.9 Å². The van der Waals surface area contributed by atoms with Gasteiger partial charge in [-0.3, -0.25) is 0 Å². The van der Waals surface area contributed by atoms with Crippen LogP contribution >= 0.6 is 11.8 Å². The van der Waals surface area contributed by atoms with Crippen LogP contribution in [0.5, 0.6) is 0 Å². The summed E-state index contributed by atoms with van der Waals surface area (Å²) in [7, 11) is 1.87. The molecule has 0 radical (unpaired) electrons. The molecule has 1 atom stereocenters. The predicted molar refractivity (Wildman–Crippen MR) is 72.4 cm³/mol. The van der Waals surface area contributed by atoms with Crippen molar-refractivity contribution in [1.82, 2.24) is 9.97 Å². The van der Waals surface area contributed by atoms with Crippen molar-refractivity contribution in [3.8, 4) is 0 Å². The third kappa shape index (κ3) is 3.56. The molecule has 1 rings (SSSR count). The zero-order valence-electron chi connectivity index (χ0n) is 10.4. The fraction of sp³-hybridized carbons (Fsp3) is 0.636. The maximum absolute atomic E-state index is 4.25. The Hall–Kier alpha value is -0.970. The van der Waals surface area contributed by atoms with Gasteiger partial charge in [0.15, 0.2) is 0 Å². The summed E-state index contributed by atoms with van der Waals surface area (Å²) in [5.74, 6) is 3.61. The maximum Gasteiger partial charge on any atom is 0.134 e. The summed E-state index contributed by atoms with van der Waals surface area (Å²) < 4.78 is 0. The highest BCUT2D eigenvalue weighted by molar-refractivity contribution is 7.98. The Labute approximate surface area is 102 Å². The van der Waals surface area contributed by atoms with Crippen LogP contribution in [-0.4, -0.2) is 35.6 Å². The number of hydrogen-bond acceptors (Lipinski definition) is 5. The summed E-state index contributed by atoms with van der Waals surface area (Å²) in [6.07, 6.45) is 3.71. The van der Waals surface area contributed by atoms with E-state index in [0.29, 0.717) is 5.92 Å². The van der Waals surface area contributed by atoms with Crippen LogP contribution in [0, 0.1) is 12.8 Å². The van der Waals surface area contributed by atoms with Crippen LogP contribution in [0.1, 0.15) is 12.5 Å². The zero-order valence-corrected chi connectivity index (χ0v) is 11.2. The van der Waals surface area contributed by atoms with Crippen LogP contribution in [0.15, 0.2) is 6.33 Å². The summed E-state index contributed by atoms with van der Waals surface area (Å²) in [5.41, 5.74) is 1.07. The van der Waals surface area contributed by atoms with E-state index in [4.69, 9.17) is 0 Å². The monoisotopic (exact) mass is 240 g/mol. The van der Waals surface area contributed by atoms with Crippen molar-refractivity contribution in [2.24, 2.45) is 5.92 Å². The lowest BCUT2D eigenvalue weighted by Gasteiger charge is -2.14. The minimum Gasteiger partial charge on any atom is -0.373 e. The number of nitrogens with zero attached hydrogens (tertiary/aromatic N) is 2. The summed E-state index contributed by atoms with van der Waals surface area (Å²) in [6.45, 7) is 5.20. The van der Waals surface area contributed by atoms with Gasteiger partial charge in [0.1, 0.15) is 18.0 Å². The Morgan fingerprint density at radius 2 is 2.06 bits per heavy atom. The third-order valence-corrected chi connectivity index (χ3v) is 3.29. The molecule has 1 heterocycles.